The minimum atomic E-state index is -0.288. The van der Waals surface area contributed by atoms with Crippen molar-refractivity contribution < 1.29 is 4.39 Å². The number of nitrogen functional groups attached to an aromatic ring is 1. The molecular weight excluding hydrogens is 193 g/mol. The molecule has 1 heterocycles. The molecule has 1 aromatic carbocycles. The van der Waals surface area contributed by atoms with Crippen molar-refractivity contribution in [2.45, 2.75) is 13.8 Å². The number of benzene rings is 1. The maximum atomic E-state index is 13.1. The van der Waals surface area contributed by atoms with Crippen LogP contribution in [0.2, 0.25) is 0 Å². The van der Waals surface area contributed by atoms with E-state index in [9.17, 15) is 4.39 Å². The number of hydrogen-bond acceptors (Lipinski definition) is 3. The van der Waals surface area contributed by atoms with Crippen LogP contribution in [0.5, 0.6) is 0 Å². The van der Waals surface area contributed by atoms with Gasteiger partial charge in [-0.3, -0.25) is 10.8 Å². The Hall–Kier alpha value is -1.68. The van der Waals surface area contributed by atoms with Crippen molar-refractivity contribution in [3.63, 3.8) is 0 Å². The zero-order chi connectivity index (χ0) is 11.0. The van der Waals surface area contributed by atoms with Crippen LogP contribution in [0.15, 0.2) is 18.2 Å². The van der Waals surface area contributed by atoms with Gasteiger partial charge in [-0.1, -0.05) is 0 Å². The lowest BCUT2D eigenvalue weighted by atomic mass is 10.1. The first kappa shape index (κ1) is 9.86. The van der Waals surface area contributed by atoms with Gasteiger partial charge in [0.05, 0.1) is 11.2 Å². The van der Waals surface area contributed by atoms with Crippen molar-refractivity contribution >= 4 is 16.6 Å². The van der Waals surface area contributed by atoms with Gasteiger partial charge in [0.25, 0.3) is 0 Å². The topological polar surface area (TPSA) is 50.9 Å². The second-order valence-electron chi connectivity index (χ2n) is 3.50. The van der Waals surface area contributed by atoms with Crippen LogP contribution in [0, 0.1) is 19.7 Å². The van der Waals surface area contributed by atoms with Gasteiger partial charge in [-0.05, 0) is 37.6 Å². The molecule has 15 heavy (non-hydrogen) atoms. The van der Waals surface area contributed by atoms with Gasteiger partial charge in [-0.2, -0.15) is 0 Å². The van der Waals surface area contributed by atoms with Crippen LogP contribution < -0.4 is 11.3 Å². The Balaban J connectivity index is 2.89. The summed E-state index contributed by atoms with van der Waals surface area (Å²) in [5.41, 5.74) is 5.91. The van der Waals surface area contributed by atoms with Crippen LogP contribution in [0.25, 0.3) is 10.9 Å². The van der Waals surface area contributed by atoms with E-state index in [2.05, 4.69) is 10.4 Å². The summed E-state index contributed by atoms with van der Waals surface area (Å²) in [6, 6.07) is 4.48. The van der Waals surface area contributed by atoms with Crippen LogP contribution >= 0.6 is 0 Å². The third-order valence-corrected chi connectivity index (χ3v) is 2.58. The van der Waals surface area contributed by atoms with Crippen molar-refractivity contribution in [2.24, 2.45) is 5.84 Å². The van der Waals surface area contributed by atoms with E-state index in [1.165, 1.54) is 12.1 Å². The summed E-state index contributed by atoms with van der Waals surface area (Å²) < 4.78 is 13.1. The van der Waals surface area contributed by atoms with Gasteiger partial charge in [0, 0.05) is 11.1 Å². The van der Waals surface area contributed by atoms with Crippen LogP contribution in [-0.2, 0) is 0 Å². The first-order chi connectivity index (χ1) is 7.13. The first-order valence-corrected chi connectivity index (χ1v) is 4.66. The van der Waals surface area contributed by atoms with Crippen LogP contribution in [0.3, 0.4) is 0 Å². The zero-order valence-corrected chi connectivity index (χ0v) is 8.63. The second kappa shape index (κ2) is 3.47. The quantitative estimate of drug-likeness (QED) is 0.554. The molecule has 3 nitrogen and oxygen atoms in total. The second-order valence-corrected chi connectivity index (χ2v) is 3.50. The number of fused-ring (bicyclic) bond motifs is 1. The van der Waals surface area contributed by atoms with E-state index >= 15 is 0 Å². The van der Waals surface area contributed by atoms with Gasteiger partial charge in [-0.25, -0.2) is 4.39 Å². The smallest absolute Gasteiger partial charge is 0.124 e. The fourth-order valence-electron chi connectivity index (χ4n) is 1.64. The fourth-order valence-corrected chi connectivity index (χ4v) is 1.64. The Bertz CT molecular complexity index is 523. The number of nitrogens with two attached hydrogens (primary N) is 1. The maximum Gasteiger partial charge on any atom is 0.124 e. The molecule has 4 heteroatoms. The third-order valence-electron chi connectivity index (χ3n) is 2.58. The Morgan fingerprint density at radius 1 is 1.33 bits per heavy atom. The van der Waals surface area contributed by atoms with E-state index in [0.29, 0.717) is 5.39 Å². The van der Waals surface area contributed by atoms with Gasteiger partial charge >= 0.3 is 0 Å². The van der Waals surface area contributed by atoms with Gasteiger partial charge in [0.2, 0.25) is 0 Å². The fraction of sp³-hybridized carbons (Fsp3) is 0.182. The standard InChI is InChI=1S/C11H12FN3/c1-6-7(2)14-10-4-3-8(12)5-9(10)11(6)15-13/h3-5H,13H2,1-2H3,(H,14,15). The average Bonchev–Trinajstić information content (AvgIpc) is 2.21. The van der Waals surface area contributed by atoms with Crippen molar-refractivity contribution in [2.75, 3.05) is 5.43 Å². The number of rotatable bonds is 1. The summed E-state index contributed by atoms with van der Waals surface area (Å²) in [5, 5.41) is 0.709. The monoisotopic (exact) mass is 205 g/mol. The van der Waals surface area contributed by atoms with Crippen LogP contribution in [0.4, 0.5) is 10.1 Å². The number of hydrazine groups is 1. The Labute approximate surface area is 87.1 Å². The van der Waals surface area contributed by atoms with Crippen molar-refractivity contribution in [3.05, 3.63) is 35.3 Å². The number of pyridine rings is 1. The highest BCUT2D eigenvalue weighted by Gasteiger charge is 2.08. The maximum absolute atomic E-state index is 13.1. The molecule has 0 spiro atoms. The van der Waals surface area contributed by atoms with Crippen LogP contribution in [0.1, 0.15) is 11.3 Å². The van der Waals surface area contributed by atoms with E-state index < -0.39 is 0 Å². The summed E-state index contributed by atoms with van der Waals surface area (Å²) >= 11 is 0. The number of nitrogens with one attached hydrogen (secondary N) is 1. The third kappa shape index (κ3) is 1.53. The lowest BCUT2D eigenvalue weighted by Gasteiger charge is -2.11. The van der Waals surface area contributed by atoms with Gasteiger partial charge < -0.3 is 5.43 Å². The molecule has 0 bridgehead atoms. The molecule has 0 saturated carbocycles. The van der Waals surface area contributed by atoms with Gasteiger partial charge in [0.15, 0.2) is 0 Å². The van der Waals surface area contributed by atoms with Crippen LogP contribution in [-0.4, -0.2) is 4.98 Å². The molecule has 0 atom stereocenters. The van der Waals surface area contributed by atoms with Gasteiger partial charge in [-0.15, -0.1) is 0 Å². The minimum Gasteiger partial charge on any atom is -0.323 e. The number of anilines is 1. The predicted molar refractivity (Wildman–Crippen MR) is 59.0 cm³/mol. The number of hydrogen-bond donors (Lipinski definition) is 2. The van der Waals surface area contributed by atoms with Crippen molar-refractivity contribution in [3.8, 4) is 0 Å². The van der Waals surface area contributed by atoms with E-state index in [-0.39, 0.29) is 5.82 Å². The average molecular weight is 205 g/mol. The SMILES string of the molecule is Cc1nc2ccc(F)cc2c(NN)c1C. The summed E-state index contributed by atoms with van der Waals surface area (Å²) in [7, 11) is 0. The molecule has 2 rings (SSSR count). The van der Waals surface area contributed by atoms with Gasteiger partial charge in [0.1, 0.15) is 5.82 Å². The number of nitrogens with zero attached hydrogens (tertiary/aromatic N) is 1. The lowest BCUT2D eigenvalue weighted by molar-refractivity contribution is 0.629. The molecule has 0 amide bonds. The molecule has 0 fully saturated rings. The molecule has 0 radical (unpaired) electrons. The highest BCUT2D eigenvalue weighted by atomic mass is 19.1. The molecule has 0 aliphatic rings. The van der Waals surface area contributed by atoms with E-state index in [1.807, 2.05) is 13.8 Å². The van der Waals surface area contributed by atoms with E-state index in [0.717, 1.165) is 22.5 Å². The molecular formula is C11H12FN3. The summed E-state index contributed by atoms with van der Waals surface area (Å²) in [6.45, 7) is 3.81. The van der Waals surface area contributed by atoms with Crippen molar-refractivity contribution in [1.29, 1.82) is 0 Å². The molecule has 0 saturated heterocycles. The Morgan fingerprint density at radius 3 is 2.73 bits per heavy atom. The minimum absolute atomic E-state index is 0.288. The number of halogens is 1. The molecule has 2 aromatic rings. The predicted octanol–water partition coefficient (Wildman–Crippen LogP) is 2.28. The number of aryl methyl sites for hydroxylation is 1. The normalized spacial score (nSPS) is 10.7. The molecule has 3 N–H and O–H groups in total. The van der Waals surface area contributed by atoms with E-state index in [4.69, 9.17) is 5.84 Å². The van der Waals surface area contributed by atoms with E-state index in [1.54, 1.807) is 6.07 Å². The largest absolute Gasteiger partial charge is 0.323 e. The highest BCUT2D eigenvalue weighted by molar-refractivity contribution is 5.93. The molecule has 0 aliphatic heterocycles. The van der Waals surface area contributed by atoms with Crippen molar-refractivity contribution in [1.82, 2.24) is 4.98 Å². The summed E-state index contributed by atoms with van der Waals surface area (Å²) in [6.07, 6.45) is 0. The summed E-state index contributed by atoms with van der Waals surface area (Å²) in [5.74, 6) is 5.15. The Kier molecular flexibility index (Phi) is 2.28. The molecule has 1 aromatic heterocycles. The zero-order valence-electron chi connectivity index (χ0n) is 8.63. The molecule has 0 unspecified atom stereocenters. The Morgan fingerprint density at radius 2 is 2.07 bits per heavy atom. The molecule has 0 aliphatic carbocycles. The number of aromatic nitrogens is 1. The first-order valence-electron chi connectivity index (χ1n) is 4.66. The summed E-state index contributed by atoms with van der Waals surface area (Å²) in [4.78, 5) is 4.36. The lowest BCUT2D eigenvalue weighted by Crippen LogP contribution is -2.10. The highest BCUT2D eigenvalue weighted by Crippen LogP contribution is 2.27. The molecule has 78 valence electrons.